The lowest BCUT2D eigenvalue weighted by Gasteiger charge is -2.10. The number of benzene rings is 2. The lowest BCUT2D eigenvalue weighted by Crippen LogP contribution is -2.21. The molecular weight excluding hydrogens is 284 g/mol. The van der Waals surface area contributed by atoms with Gasteiger partial charge in [0.05, 0.1) is 25.7 Å². The van der Waals surface area contributed by atoms with E-state index in [-0.39, 0.29) is 6.61 Å². The van der Waals surface area contributed by atoms with Crippen molar-refractivity contribution in [2.45, 2.75) is 13.3 Å². The number of hydrogen-bond acceptors (Lipinski definition) is 5. The van der Waals surface area contributed by atoms with Crippen molar-refractivity contribution in [3.05, 3.63) is 42.0 Å². The summed E-state index contributed by atoms with van der Waals surface area (Å²) in [5, 5.41) is 1.54. The summed E-state index contributed by atoms with van der Waals surface area (Å²) in [5.74, 6) is -1.94. The van der Waals surface area contributed by atoms with Crippen molar-refractivity contribution in [1.29, 1.82) is 0 Å². The smallest absolute Gasteiger partial charge is 0.375 e. The second kappa shape index (κ2) is 6.85. The number of carbonyl (C=O) groups is 3. The molecule has 0 aliphatic rings. The Morgan fingerprint density at radius 2 is 1.77 bits per heavy atom. The Morgan fingerprint density at radius 1 is 1.05 bits per heavy atom. The van der Waals surface area contributed by atoms with E-state index in [9.17, 15) is 14.4 Å². The van der Waals surface area contributed by atoms with E-state index in [2.05, 4.69) is 4.74 Å². The quantitative estimate of drug-likeness (QED) is 0.355. The maximum Gasteiger partial charge on any atom is 0.375 e. The molecule has 0 bridgehead atoms. The number of ketones is 2. The van der Waals surface area contributed by atoms with Crippen molar-refractivity contribution in [2.24, 2.45) is 0 Å². The summed E-state index contributed by atoms with van der Waals surface area (Å²) < 4.78 is 9.83. The van der Waals surface area contributed by atoms with E-state index < -0.39 is 24.0 Å². The highest BCUT2D eigenvalue weighted by molar-refractivity contribution is 6.38. The number of carbonyl (C=O) groups excluding carboxylic acids is 3. The second-order valence-corrected chi connectivity index (χ2v) is 4.61. The number of methoxy groups -OCH3 is 1. The Bertz CT molecular complexity index is 733. The van der Waals surface area contributed by atoms with Crippen LogP contribution in [0.2, 0.25) is 0 Å². The third-order valence-corrected chi connectivity index (χ3v) is 3.21. The van der Waals surface area contributed by atoms with Gasteiger partial charge in [-0.2, -0.15) is 0 Å². The monoisotopic (exact) mass is 300 g/mol. The van der Waals surface area contributed by atoms with E-state index in [1.54, 1.807) is 25.1 Å². The Balaban J connectivity index is 2.38. The number of esters is 1. The molecule has 0 unspecified atom stereocenters. The van der Waals surface area contributed by atoms with Gasteiger partial charge in [-0.1, -0.05) is 30.3 Å². The van der Waals surface area contributed by atoms with Gasteiger partial charge in [-0.25, -0.2) is 4.79 Å². The van der Waals surface area contributed by atoms with Gasteiger partial charge in [-0.05, 0) is 23.8 Å². The van der Waals surface area contributed by atoms with E-state index in [1.165, 1.54) is 7.11 Å². The summed E-state index contributed by atoms with van der Waals surface area (Å²) >= 11 is 0. The minimum absolute atomic E-state index is 0.0936. The van der Waals surface area contributed by atoms with Crippen LogP contribution in [0, 0.1) is 0 Å². The van der Waals surface area contributed by atoms with Crippen molar-refractivity contribution < 1.29 is 23.9 Å². The maximum atomic E-state index is 12.4. The summed E-state index contributed by atoms with van der Waals surface area (Å²) in [6.45, 7) is 1.69. The molecule has 5 nitrogen and oxygen atoms in total. The Kier molecular flexibility index (Phi) is 4.88. The topological polar surface area (TPSA) is 69.7 Å². The normalized spacial score (nSPS) is 10.3. The fourth-order valence-electron chi connectivity index (χ4n) is 2.23. The van der Waals surface area contributed by atoms with Gasteiger partial charge < -0.3 is 9.47 Å². The third kappa shape index (κ3) is 3.14. The number of hydrogen-bond donors (Lipinski definition) is 0. The summed E-state index contributed by atoms with van der Waals surface area (Å²) in [6.07, 6.45) is -0.538. The zero-order valence-corrected chi connectivity index (χ0v) is 12.4. The summed E-state index contributed by atoms with van der Waals surface area (Å²) in [7, 11) is 1.45. The Labute approximate surface area is 127 Å². The van der Waals surface area contributed by atoms with Crippen LogP contribution in [-0.2, 0) is 14.3 Å². The first-order valence-electron chi connectivity index (χ1n) is 6.87. The summed E-state index contributed by atoms with van der Waals surface area (Å²) in [5.41, 5.74) is 0.304. The van der Waals surface area contributed by atoms with E-state index >= 15 is 0 Å². The second-order valence-electron chi connectivity index (χ2n) is 4.61. The molecule has 0 spiro atoms. The molecule has 0 heterocycles. The first-order valence-corrected chi connectivity index (χ1v) is 6.87. The van der Waals surface area contributed by atoms with E-state index in [0.29, 0.717) is 16.7 Å². The van der Waals surface area contributed by atoms with Crippen molar-refractivity contribution in [1.82, 2.24) is 0 Å². The van der Waals surface area contributed by atoms with Crippen LogP contribution in [0.15, 0.2) is 36.4 Å². The molecule has 0 N–H and O–H groups in total. The van der Waals surface area contributed by atoms with Crippen LogP contribution in [0.5, 0.6) is 5.75 Å². The number of Topliss-reactive ketones (excluding diaryl/α,β-unsaturated/α-hetero) is 2. The zero-order valence-electron chi connectivity index (χ0n) is 12.4. The molecule has 0 atom stereocenters. The van der Waals surface area contributed by atoms with Gasteiger partial charge in [0, 0.05) is 0 Å². The fourth-order valence-corrected chi connectivity index (χ4v) is 2.23. The lowest BCUT2D eigenvalue weighted by atomic mass is 9.97. The van der Waals surface area contributed by atoms with E-state index in [4.69, 9.17) is 4.74 Å². The molecule has 2 rings (SSSR count). The molecule has 22 heavy (non-hydrogen) atoms. The van der Waals surface area contributed by atoms with Crippen molar-refractivity contribution >= 4 is 28.3 Å². The van der Waals surface area contributed by atoms with Crippen LogP contribution < -0.4 is 4.74 Å². The highest BCUT2D eigenvalue weighted by Crippen LogP contribution is 2.29. The molecule has 0 amide bonds. The first-order chi connectivity index (χ1) is 10.6. The minimum atomic E-state index is -0.991. The van der Waals surface area contributed by atoms with Gasteiger partial charge in [0.25, 0.3) is 0 Å². The summed E-state index contributed by atoms with van der Waals surface area (Å²) in [4.78, 5) is 35.5. The molecule has 0 saturated heterocycles. The zero-order chi connectivity index (χ0) is 16.1. The molecule has 0 saturated carbocycles. The largest absolute Gasteiger partial charge is 0.496 e. The SMILES string of the molecule is CCOC(=O)C(=O)CC(=O)c1c(OC)ccc2ccccc12. The molecule has 0 aliphatic heterocycles. The van der Waals surface area contributed by atoms with Crippen LogP contribution in [-0.4, -0.2) is 31.3 Å². The van der Waals surface area contributed by atoms with Crippen molar-refractivity contribution in [3.63, 3.8) is 0 Å². The van der Waals surface area contributed by atoms with E-state index in [0.717, 1.165) is 5.39 Å². The van der Waals surface area contributed by atoms with Crippen molar-refractivity contribution in [3.8, 4) is 5.75 Å². The van der Waals surface area contributed by atoms with E-state index in [1.807, 2.05) is 18.2 Å². The molecular formula is C17H16O5. The Hall–Kier alpha value is -2.69. The van der Waals surface area contributed by atoms with Crippen LogP contribution in [0.3, 0.4) is 0 Å². The predicted molar refractivity (Wildman–Crippen MR) is 81.1 cm³/mol. The highest BCUT2D eigenvalue weighted by Gasteiger charge is 2.23. The third-order valence-electron chi connectivity index (χ3n) is 3.21. The predicted octanol–water partition coefficient (Wildman–Crippen LogP) is 2.55. The molecule has 5 heteroatoms. The number of fused-ring (bicyclic) bond motifs is 1. The molecule has 0 radical (unpaired) electrons. The van der Waals surface area contributed by atoms with Gasteiger partial charge in [-0.3, -0.25) is 9.59 Å². The number of ether oxygens (including phenoxy) is 2. The molecule has 2 aromatic rings. The maximum absolute atomic E-state index is 12.4. The van der Waals surface area contributed by atoms with Gasteiger partial charge in [0.1, 0.15) is 5.75 Å². The average molecular weight is 300 g/mol. The van der Waals surface area contributed by atoms with Gasteiger partial charge in [0.2, 0.25) is 5.78 Å². The highest BCUT2D eigenvalue weighted by atomic mass is 16.5. The fraction of sp³-hybridized carbons (Fsp3) is 0.235. The molecule has 0 aliphatic carbocycles. The van der Waals surface area contributed by atoms with Gasteiger partial charge >= 0.3 is 5.97 Å². The van der Waals surface area contributed by atoms with Gasteiger partial charge in [-0.15, -0.1) is 0 Å². The van der Waals surface area contributed by atoms with Crippen molar-refractivity contribution in [2.75, 3.05) is 13.7 Å². The standard InChI is InChI=1S/C17H16O5/c1-3-22-17(20)14(19)10-13(18)16-12-7-5-4-6-11(12)8-9-15(16)21-2/h4-9H,3,10H2,1-2H3. The Morgan fingerprint density at radius 3 is 2.45 bits per heavy atom. The van der Waals surface area contributed by atoms with Crippen LogP contribution in [0.1, 0.15) is 23.7 Å². The minimum Gasteiger partial charge on any atom is -0.496 e. The molecule has 0 aromatic heterocycles. The van der Waals surface area contributed by atoms with Crippen LogP contribution in [0.4, 0.5) is 0 Å². The lowest BCUT2D eigenvalue weighted by molar-refractivity contribution is -0.153. The first kappa shape index (κ1) is 15.7. The molecule has 114 valence electrons. The summed E-state index contributed by atoms with van der Waals surface area (Å²) in [6, 6.07) is 10.8. The molecule has 0 fully saturated rings. The average Bonchev–Trinajstić information content (AvgIpc) is 2.53. The molecule has 2 aromatic carbocycles. The van der Waals surface area contributed by atoms with Crippen LogP contribution in [0.25, 0.3) is 10.8 Å². The van der Waals surface area contributed by atoms with Crippen LogP contribution >= 0.6 is 0 Å². The van der Waals surface area contributed by atoms with Gasteiger partial charge in [0.15, 0.2) is 5.78 Å². The number of rotatable bonds is 6.